The summed E-state index contributed by atoms with van der Waals surface area (Å²) in [6.07, 6.45) is 3.63. The predicted molar refractivity (Wildman–Crippen MR) is 80.0 cm³/mol. The van der Waals surface area contributed by atoms with Gasteiger partial charge in [0.05, 0.1) is 4.90 Å². The van der Waals surface area contributed by atoms with Crippen LogP contribution < -0.4 is 5.32 Å². The summed E-state index contributed by atoms with van der Waals surface area (Å²) in [5.41, 5.74) is 1.12. The van der Waals surface area contributed by atoms with Crippen LogP contribution in [0.25, 0.3) is 0 Å². The molecule has 3 nitrogen and oxygen atoms in total. The Morgan fingerprint density at radius 3 is 2.16 bits per heavy atom. The van der Waals surface area contributed by atoms with E-state index in [1.54, 1.807) is 12.1 Å². The van der Waals surface area contributed by atoms with Crippen LogP contribution in [0.15, 0.2) is 29.2 Å². The molecule has 1 unspecified atom stereocenters. The lowest BCUT2D eigenvalue weighted by atomic mass is 10.1. The summed E-state index contributed by atoms with van der Waals surface area (Å²) in [6, 6.07) is 7.38. The Morgan fingerprint density at radius 1 is 1.11 bits per heavy atom. The summed E-state index contributed by atoms with van der Waals surface area (Å²) in [5.74, 6) is 0.742. The first-order chi connectivity index (χ1) is 8.80. The summed E-state index contributed by atoms with van der Waals surface area (Å²) in [5, 5.41) is 3.46. The highest BCUT2D eigenvalue weighted by Gasteiger charge is 2.09. The maximum absolute atomic E-state index is 11.4. The summed E-state index contributed by atoms with van der Waals surface area (Å²) in [6.45, 7) is 7.55. The van der Waals surface area contributed by atoms with E-state index in [9.17, 15) is 8.42 Å². The molecule has 0 saturated carbocycles. The van der Waals surface area contributed by atoms with E-state index in [0.717, 1.165) is 18.0 Å². The third-order valence-corrected chi connectivity index (χ3v) is 4.35. The Hall–Kier alpha value is -0.870. The van der Waals surface area contributed by atoms with Crippen molar-refractivity contribution < 1.29 is 8.42 Å². The average molecular weight is 283 g/mol. The minimum Gasteiger partial charge on any atom is -0.310 e. The molecule has 0 spiro atoms. The zero-order valence-electron chi connectivity index (χ0n) is 12.3. The van der Waals surface area contributed by atoms with Crippen LogP contribution in [0.4, 0.5) is 0 Å². The number of benzene rings is 1. The van der Waals surface area contributed by atoms with E-state index in [2.05, 4.69) is 26.1 Å². The summed E-state index contributed by atoms with van der Waals surface area (Å²) < 4.78 is 22.7. The van der Waals surface area contributed by atoms with Crippen molar-refractivity contribution in [1.29, 1.82) is 0 Å². The number of nitrogens with one attached hydrogen (secondary N) is 1. The second-order valence-electron chi connectivity index (χ2n) is 5.55. The van der Waals surface area contributed by atoms with Gasteiger partial charge in [0.1, 0.15) is 0 Å². The third-order valence-electron chi connectivity index (χ3n) is 3.22. The minimum absolute atomic E-state index is 0.251. The van der Waals surface area contributed by atoms with E-state index >= 15 is 0 Å². The normalized spacial score (nSPS) is 13.7. The monoisotopic (exact) mass is 283 g/mol. The molecule has 4 heteroatoms. The van der Waals surface area contributed by atoms with Crippen molar-refractivity contribution in [2.75, 3.05) is 12.8 Å². The summed E-state index contributed by atoms with van der Waals surface area (Å²) >= 11 is 0. The van der Waals surface area contributed by atoms with Gasteiger partial charge in [0, 0.05) is 12.3 Å². The second kappa shape index (κ2) is 7.06. The van der Waals surface area contributed by atoms with Gasteiger partial charge >= 0.3 is 0 Å². The van der Waals surface area contributed by atoms with Crippen molar-refractivity contribution in [2.24, 2.45) is 5.92 Å². The zero-order chi connectivity index (χ0) is 14.5. The van der Waals surface area contributed by atoms with Crippen LogP contribution in [0, 0.1) is 5.92 Å². The SMILES string of the molecule is CC(C)CCCNC(C)c1ccc(S(C)(=O)=O)cc1. The van der Waals surface area contributed by atoms with Crippen molar-refractivity contribution in [3.8, 4) is 0 Å². The molecule has 0 fully saturated rings. The summed E-state index contributed by atoms with van der Waals surface area (Å²) in [4.78, 5) is 0.378. The fourth-order valence-corrected chi connectivity index (χ4v) is 2.58. The van der Waals surface area contributed by atoms with E-state index in [1.807, 2.05) is 12.1 Å². The number of sulfone groups is 1. The van der Waals surface area contributed by atoms with Gasteiger partial charge in [0.25, 0.3) is 0 Å². The van der Waals surface area contributed by atoms with Crippen molar-refractivity contribution >= 4 is 9.84 Å². The molecule has 0 bridgehead atoms. The standard InChI is InChI=1S/C15H25NO2S/c1-12(2)6-5-11-16-13(3)14-7-9-15(10-8-14)19(4,17)18/h7-10,12-13,16H,5-6,11H2,1-4H3. The Balaban J connectivity index is 2.51. The highest BCUT2D eigenvalue weighted by atomic mass is 32.2. The molecule has 0 aromatic heterocycles. The lowest BCUT2D eigenvalue weighted by Gasteiger charge is -2.15. The van der Waals surface area contributed by atoms with Gasteiger partial charge in [-0.25, -0.2) is 8.42 Å². The Labute approximate surface area is 117 Å². The van der Waals surface area contributed by atoms with E-state index in [0.29, 0.717) is 4.90 Å². The van der Waals surface area contributed by atoms with E-state index in [1.165, 1.54) is 19.1 Å². The Bertz CT molecular complexity index is 477. The third kappa shape index (κ3) is 5.74. The molecule has 0 aliphatic rings. The molecular formula is C15H25NO2S. The van der Waals surface area contributed by atoms with Crippen molar-refractivity contribution in [3.63, 3.8) is 0 Å². The van der Waals surface area contributed by atoms with Crippen LogP contribution in [-0.4, -0.2) is 21.2 Å². The topological polar surface area (TPSA) is 46.2 Å². The van der Waals surface area contributed by atoms with E-state index in [-0.39, 0.29) is 6.04 Å². The molecule has 0 saturated heterocycles. The molecule has 1 N–H and O–H groups in total. The Morgan fingerprint density at radius 2 is 1.68 bits per heavy atom. The van der Waals surface area contributed by atoms with Crippen molar-refractivity contribution in [2.45, 2.75) is 44.6 Å². The van der Waals surface area contributed by atoms with Crippen LogP contribution >= 0.6 is 0 Å². The number of rotatable bonds is 7. The first-order valence-electron chi connectivity index (χ1n) is 6.84. The van der Waals surface area contributed by atoms with Gasteiger partial charge < -0.3 is 5.32 Å². The van der Waals surface area contributed by atoms with Gasteiger partial charge in [-0.05, 0) is 49.9 Å². The maximum Gasteiger partial charge on any atom is 0.175 e. The van der Waals surface area contributed by atoms with E-state index < -0.39 is 9.84 Å². The molecule has 1 aromatic carbocycles. The molecule has 108 valence electrons. The van der Waals surface area contributed by atoms with E-state index in [4.69, 9.17) is 0 Å². The fraction of sp³-hybridized carbons (Fsp3) is 0.600. The highest BCUT2D eigenvalue weighted by Crippen LogP contribution is 2.16. The maximum atomic E-state index is 11.4. The average Bonchev–Trinajstić information content (AvgIpc) is 2.33. The smallest absolute Gasteiger partial charge is 0.175 e. The largest absolute Gasteiger partial charge is 0.310 e. The summed E-state index contributed by atoms with van der Waals surface area (Å²) in [7, 11) is -3.10. The van der Waals surface area contributed by atoms with Crippen molar-refractivity contribution in [3.05, 3.63) is 29.8 Å². The van der Waals surface area contributed by atoms with Gasteiger partial charge in [-0.2, -0.15) is 0 Å². The quantitative estimate of drug-likeness (QED) is 0.782. The number of hydrogen-bond acceptors (Lipinski definition) is 3. The second-order valence-corrected chi connectivity index (χ2v) is 7.57. The molecule has 0 aliphatic carbocycles. The van der Waals surface area contributed by atoms with Crippen LogP contribution in [-0.2, 0) is 9.84 Å². The van der Waals surface area contributed by atoms with Gasteiger partial charge in [0.15, 0.2) is 9.84 Å². The number of hydrogen-bond donors (Lipinski definition) is 1. The predicted octanol–water partition coefficient (Wildman–Crippen LogP) is 3.18. The van der Waals surface area contributed by atoms with Gasteiger partial charge in [0.2, 0.25) is 0 Å². The lowest BCUT2D eigenvalue weighted by molar-refractivity contribution is 0.497. The molecule has 0 aliphatic heterocycles. The first-order valence-corrected chi connectivity index (χ1v) is 8.73. The van der Waals surface area contributed by atoms with Crippen LogP contribution in [0.5, 0.6) is 0 Å². The molecular weight excluding hydrogens is 258 g/mol. The van der Waals surface area contributed by atoms with Crippen molar-refractivity contribution in [1.82, 2.24) is 5.32 Å². The molecule has 1 atom stereocenters. The lowest BCUT2D eigenvalue weighted by Crippen LogP contribution is -2.20. The Kier molecular flexibility index (Phi) is 6.01. The molecule has 0 amide bonds. The molecule has 1 rings (SSSR count). The van der Waals surface area contributed by atoms with Gasteiger partial charge in [-0.1, -0.05) is 26.0 Å². The van der Waals surface area contributed by atoms with Gasteiger partial charge in [-0.15, -0.1) is 0 Å². The molecule has 19 heavy (non-hydrogen) atoms. The zero-order valence-corrected chi connectivity index (χ0v) is 13.1. The van der Waals surface area contributed by atoms with Crippen LogP contribution in [0.1, 0.15) is 45.2 Å². The van der Waals surface area contributed by atoms with Gasteiger partial charge in [-0.3, -0.25) is 0 Å². The molecule has 1 aromatic rings. The highest BCUT2D eigenvalue weighted by molar-refractivity contribution is 7.90. The van der Waals surface area contributed by atoms with Crippen LogP contribution in [0.3, 0.4) is 0 Å². The minimum atomic E-state index is -3.10. The van der Waals surface area contributed by atoms with Crippen LogP contribution in [0.2, 0.25) is 0 Å². The first kappa shape index (κ1) is 16.2. The fourth-order valence-electron chi connectivity index (χ4n) is 1.95. The molecule has 0 radical (unpaired) electrons. The molecule has 0 heterocycles.